The Hall–Kier alpha value is -3.12. The summed E-state index contributed by atoms with van der Waals surface area (Å²) in [7, 11) is 0. The zero-order chi connectivity index (χ0) is 19.0. The Morgan fingerprint density at radius 3 is 2.78 bits per heavy atom. The van der Waals surface area contributed by atoms with Crippen LogP contribution in [0.15, 0.2) is 53.1 Å². The van der Waals surface area contributed by atoms with Crippen LogP contribution in [0.1, 0.15) is 23.0 Å². The first-order valence-electron chi connectivity index (χ1n) is 8.47. The van der Waals surface area contributed by atoms with Crippen molar-refractivity contribution in [2.24, 2.45) is 0 Å². The van der Waals surface area contributed by atoms with Crippen LogP contribution >= 0.6 is 11.6 Å². The number of rotatable bonds is 3. The number of halogens is 1. The summed E-state index contributed by atoms with van der Waals surface area (Å²) < 4.78 is 5.20. The standard InChI is InChI=1S/C20H16ClN3O3/c1-12(25)24-9-8-13-4-3-7-16(19(13)24)22-20(26)18-11-17(23-27-18)14-5-2-6-15(21)10-14/h2-7,10-11H,8-9H2,1H3,(H,22,26). The SMILES string of the molecule is CC(=O)N1CCc2cccc(NC(=O)c3cc(-c4cccc(Cl)c4)no3)c21. The Kier molecular flexibility index (Phi) is 4.41. The van der Waals surface area contributed by atoms with Crippen LogP contribution in [-0.4, -0.2) is 23.5 Å². The van der Waals surface area contributed by atoms with Crippen LogP contribution in [-0.2, 0) is 11.2 Å². The molecule has 136 valence electrons. The summed E-state index contributed by atoms with van der Waals surface area (Å²) in [5, 5.41) is 7.35. The third-order valence-electron chi connectivity index (χ3n) is 4.48. The molecule has 3 aromatic rings. The van der Waals surface area contributed by atoms with Gasteiger partial charge in [-0.05, 0) is 30.2 Å². The average Bonchev–Trinajstić information content (AvgIpc) is 3.30. The van der Waals surface area contributed by atoms with Crippen LogP contribution in [0.2, 0.25) is 5.02 Å². The van der Waals surface area contributed by atoms with Crippen molar-refractivity contribution in [2.75, 3.05) is 16.8 Å². The molecule has 1 aliphatic rings. The van der Waals surface area contributed by atoms with E-state index in [0.29, 0.717) is 22.9 Å². The molecule has 1 aliphatic heterocycles. The highest BCUT2D eigenvalue weighted by Gasteiger charge is 2.26. The van der Waals surface area contributed by atoms with Crippen molar-refractivity contribution in [3.8, 4) is 11.3 Å². The maximum Gasteiger partial charge on any atom is 0.294 e. The van der Waals surface area contributed by atoms with Gasteiger partial charge in [-0.25, -0.2) is 0 Å². The number of benzene rings is 2. The van der Waals surface area contributed by atoms with Gasteiger partial charge in [0.2, 0.25) is 11.7 Å². The van der Waals surface area contributed by atoms with Gasteiger partial charge in [0, 0.05) is 30.1 Å². The van der Waals surface area contributed by atoms with Gasteiger partial charge in [-0.1, -0.05) is 41.0 Å². The number of fused-ring (bicyclic) bond motifs is 1. The fourth-order valence-electron chi connectivity index (χ4n) is 3.22. The molecule has 6 nitrogen and oxygen atoms in total. The van der Waals surface area contributed by atoms with E-state index in [9.17, 15) is 9.59 Å². The van der Waals surface area contributed by atoms with Gasteiger partial charge >= 0.3 is 0 Å². The van der Waals surface area contributed by atoms with Gasteiger partial charge in [-0.15, -0.1) is 0 Å². The normalized spacial score (nSPS) is 12.7. The number of amides is 2. The minimum Gasteiger partial charge on any atom is -0.350 e. The molecule has 0 atom stereocenters. The van der Waals surface area contributed by atoms with Crippen molar-refractivity contribution in [2.45, 2.75) is 13.3 Å². The van der Waals surface area contributed by atoms with Gasteiger partial charge in [0.05, 0.1) is 11.4 Å². The molecule has 1 N–H and O–H groups in total. The van der Waals surface area contributed by atoms with Crippen LogP contribution in [0, 0.1) is 0 Å². The van der Waals surface area contributed by atoms with Crippen LogP contribution in [0.4, 0.5) is 11.4 Å². The minimum absolute atomic E-state index is 0.0571. The molecular weight excluding hydrogens is 366 g/mol. The van der Waals surface area contributed by atoms with Gasteiger partial charge in [-0.3, -0.25) is 9.59 Å². The zero-order valence-corrected chi connectivity index (χ0v) is 15.3. The summed E-state index contributed by atoms with van der Waals surface area (Å²) in [5.74, 6) is -0.409. The van der Waals surface area contributed by atoms with Crippen molar-refractivity contribution in [1.29, 1.82) is 0 Å². The molecule has 7 heteroatoms. The molecule has 1 aromatic heterocycles. The highest BCUT2D eigenvalue weighted by Crippen LogP contribution is 2.36. The van der Waals surface area contributed by atoms with Crippen LogP contribution in [0.25, 0.3) is 11.3 Å². The predicted molar refractivity (Wildman–Crippen MR) is 103 cm³/mol. The van der Waals surface area contributed by atoms with E-state index >= 15 is 0 Å². The Labute approximate surface area is 160 Å². The van der Waals surface area contributed by atoms with Gasteiger partial charge in [0.15, 0.2) is 0 Å². The molecule has 0 unspecified atom stereocenters. The highest BCUT2D eigenvalue weighted by molar-refractivity contribution is 6.30. The summed E-state index contributed by atoms with van der Waals surface area (Å²) in [5.41, 5.74) is 3.62. The molecule has 0 aliphatic carbocycles. The Morgan fingerprint density at radius 1 is 1.19 bits per heavy atom. The number of carbonyl (C=O) groups is 2. The fourth-order valence-corrected chi connectivity index (χ4v) is 3.41. The molecule has 2 aromatic carbocycles. The number of para-hydroxylation sites is 1. The van der Waals surface area contributed by atoms with Crippen LogP contribution < -0.4 is 10.2 Å². The predicted octanol–water partition coefficient (Wildman–Crippen LogP) is 4.16. The second-order valence-electron chi connectivity index (χ2n) is 6.27. The van der Waals surface area contributed by atoms with Gasteiger partial charge in [0.1, 0.15) is 5.69 Å². The van der Waals surface area contributed by atoms with E-state index in [1.165, 1.54) is 6.92 Å². The first kappa shape index (κ1) is 17.3. The molecule has 2 heterocycles. The molecule has 0 saturated carbocycles. The van der Waals surface area contributed by atoms with Crippen LogP contribution in [0.5, 0.6) is 0 Å². The lowest BCUT2D eigenvalue weighted by Crippen LogP contribution is -2.27. The number of anilines is 2. The smallest absolute Gasteiger partial charge is 0.294 e. The number of nitrogens with zero attached hydrogens (tertiary/aromatic N) is 2. The molecule has 0 bridgehead atoms. The molecular formula is C20H16ClN3O3. The van der Waals surface area contributed by atoms with E-state index in [1.807, 2.05) is 18.2 Å². The topological polar surface area (TPSA) is 75.4 Å². The van der Waals surface area contributed by atoms with Crippen molar-refractivity contribution >= 4 is 34.8 Å². The van der Waals surface area contributed by atoms with E-state index in [4.69, 9.17) is 16.1 Å². The lowest BCUT2D eigenvalue weighted by molar-refractivity contribution is -0.116. The number of aromatic nitrogens is 1. The van der Waals surface area contributed by atoms with Crippen molar-refractivity contribution in [1.82, 2.24) is 5.16 Å². The third-order valence-corrected chi connectivity index (χ3v) is 4.71. The molecule has 27 heavy (non-hydrogen) atoms. The second kappa shape index (κ2) is 6.89. The van der Waals surface area contributed by atoms with E-state index < -0.39 is 5.91 Å². The summed E-state index contributed by atoms with van der Waals surface area (Å²) in [4.78, 5) is 26.2. The van der Waals surface area contributed by atoms with Gasteiger partial charge in [-0.2, -0.15) is 0 Å². The van der Waals surface area contributed by atoms with E-state index in [-0.39, 0.29) is 11.7 Å². The van der Waals surface area contributed by atoms with Crippen molar-refractivity contribution in [3.63, 3.8) is 0 Å². The van der Waals surface area contributed by atoms with E-state index in [0.717, 1.165) is 23.2 Å². The Balaban J connectivity index is 1.60. The summed E-state index contributed by atoms with van der Waals surface area (Å²) in [6.07, 6.45) is 0.764. The monoisotopic (exact) mass is 381 g/mol. The molecule has 0 spiro atoms. The fraction of sp³-hybridized carbons (Fsp3) is 0.150. The molecule has 0 radical (unpaired) electrons. The third kappa shape index (κ3) is 3.31. The lowest BCUT2D eigenvalue weighted by atomic mass is 10.1. The largest absolute Gasteiger partial charge is 0.350 e. The first-order chi connectivity index (χ1) is 13.0. The quantitative estimate of drug-likeness (QED) is 0.739. The van der Waals surface area contributed by atoms with Crippen LogP contribution in [0.3, 0.4) is 0 Å². The molecule has 0 fully saturated rings. The number of nitrogens with one attached hydrogen (secondary N) is 1. The summed E-state index contributed by atoms with van der Waals surface area (Å²) in [6, 6.07) is 14.3. The molecule has 0 saturated heterocycles. The minimum atomic E-state index is -0.431. The lowest BCUT2D eigenvalue weighted by Gasteiger charge is -2.18. The van der Waals surface area contributed by atoms with Crippen molar-refractivity contribution in [3.05, 3.63) is 64.9 Å². The molecule has 4 rings (SSSR count). The van der Waals surface area contributed by atoms with E-state index in [1.54, 1.807) is 35.2 Å². The maximum atomic E-state index is 12.6. The van der Waals surface area contributed by atoms with Gasteiger partial charge < -0.3 is 14.7 Å². The Morgan fingerprint density at radius 2 is 2.00 bits per heavy atom. The first-order valence-corrected chi connectivity index (χ1v) is 8.85. The average molecular weight is 382 g/mol. The second-order valence-corrected chi connectivity index (χ2v) is 6.71. The van der Waals surface area contributed by atoms with Gasteiger partial charge in [0.25, 0.3) is 5.91 Å². The Bertz CT molecular complexity index is 1040. The van der Waals surface area contributed by atoms with Crippen molar-refractivity contribution < 1.29 is 14.1 Å². The summed E-state index contributed by atoms with van der Waals surface area (Å²) >= 11 is 5.99. The molecule has 2 amide bonds. The highest BCUT2D eigenvalue weighted by atomic mass is 35.5. The van der Waals surface area contributed by atoms with E-state index in [2.05, 4.69) is 10.5 Å². The number of carbonyl (C=O) groups excluding carboxylic acids is 2. The number of hydrogen-bond acceptors (Lipinski definition) is 4. The number of hydrogen-bond donors (Lipinski definition) is 1. The zero-order valence-electron chi connectivity index (χ0n) is 14.5. The summed E-state index contributed by atoms with van der Waals surface area (Å²) in [6.45, 7) is 2.13. The maximum absolute atomic E-state index is 12.6.